The number of benzene rings is 1. The van der Waals surface area contributed by atoms with Gasteiger partial charge in [-0.15, -0.1) is 0 Å². The summed E-state index contributed by atoms with van der Waals surface area (Å²) in [5, 5.41) is 6.62. The fourth-order valence-electron chi connectivity index (χ4n) is 5.80. The number of carbonyl (C=O) groups is 2. The zero-order chi connectivity index (χ0) is 23.5. The predicted molar refractivity (Wildman–Crippen MR) is 129 cm³/mol. The standard InChI is InChI=1S/C27H37N3O4/c1-18-7-10-24(26(31)29-18)30-17-20-15-21(8-9-22(20)27(30)32)34-25-6-4-2-3-5-23(25)28-16-19-11-13-33-14-12-19/h8-9,15,19,23-25,28H,1-7,10-14,16-17H2,(H,29,31)/t23-,24?,25+/m1/s1. The van der Waals surface area contributed by atoms with Crippen molar-refractivity contribution in [2.24, 2.45) is 5.92 Å². The normalized spacial score (nSPS) is 28.4. The summed E-state index contributed by atoms with van der Waals surface area (Å²) in [6.07, 6.45) is 9.55. The lowest BCUT2D eigenvalue weighted by Gasteiger charge is -2.31. The highest BCUT2D eigenvalue weighted by Gasteiger charge is 2.38. The second-order valence-electron chi connectivity index (χ2n) is 10.3. The van der Waals surface area contributed by atoms with Crippen molar-refractivity contribution in [1.29, 1.82) is 0 Å². The summed E-state index contributed by atoms with van der Waals surface area (Å²) in [5.41, 5.74) is 2.35. The van der Waals surface area contributed by atoms with Crippen LogP contribution in [0.25, 0.3) is 0 Å². The van der Waals surface area contributed by atoms with E-state index in [1.54, 1.807) is 4.90 Å². The molecule has 34 heavy (non-hydrogen) atoms. The molecule has 5 rings (SSSR count). The smallest absolute Gasteiger partial charge is 0.255 e. The first-order valence-corrected chi connectivity index (χ1v) is 13.0. The largest absolute Gasteiger partial charge is 0.489 e. The second kappa shape index (κ2) is 10.5. The molecule has 0 bridgehead atoms. The first-order chi connectivity index (χ1) is 16.6. The summed E-state index contributed by atoms with van der Waals surface area (Å²) in [4.78, 5) is 27.2. The number of rotatable bonds is 6. The lowest BCUT2D eigenvalue weighted by Crippen LogP contribution is -2.49. The number of amides is 2. The molecule has 0 radical (unpaired) electrons. The molecule has 2 amide bonds. The fraction of sp³-hybridized carbons (Fsp3) is 0.630. The van der Waals surface area contributed by atoms with Crippen molar-refractivity contribution in [2.45, 2.75) is 82.5 Å². The van der Waals surface area contributed by atoms with E-state index in [1.807, 2.05) is 18.2 Å². The van der Waals surface area contributed by atoms with E-state index in [0.29, 0.717) is 36.9 Å². The number of piperidine rings is 1. The van der Waals surface area contributed by atoms with Crippen LogP contribution in [0.3, 0.4) is 0 Å². The lowest BCUT2D eigenvalue weighted by molar-refractivity contribution is -0.126. The van der Waals surface area contributed by atoms with Crippen LogP contribution in [0.15, 0.2) is 30.5 Å². The minimum Gasteiger partial charge on any atom is -0.489 e. The highest BCUT2D eigenvalue weighted by atomic mass is 16.5. The summed E-state index contributed by atoms with van der Waals surface area (Å²) < 4.78 is 12.1. The van der Waals surface area contributed by atoms with Crippen LogP contribution < -0.4 is 15.4 Å². The van der Waals surface area contributed by atoms with E-state index in [-0.39, 0.29) is 17.9 Å². The Hall–Kier alpha value is -2.38. The summed E-state index contributed by atoms with van der Waals surface area (Å²) in [6.45, 7) is 7.06. The number of hydrogen-bond donors (Lipinski definition) is 2. The molecule has 1 aromatic carbocycles. The number of nitrogens with one attached hydrogen (secondary N) is 2. The van der Waals surface area contributed by atoms with E-state index in [9.17, 15) is 9.59 Å². The molecule has 2 saturated heterocycles. The van der Waals surface area contributed by atoms with Gasteiger partial charge in [-0.1, -0.05) is 19.4 Å². The maximum absolute atomic E-state index is 13.0. The molecular formula is C27H37N3O4. The predicted octanol–water partition coefficient (Wildman–Crippen LogP) is 3.53. The zero-order valence-corrected chi connectivity index (χ0v) is 20.0. The summed E-state index contributed by atoms with van der Waals surface area (Å²) in [6, 6.07) is 5.70. The average Bonchev–Trinajstić information content (AvgIpc) is 3.00. The van der Waals surface area contributed by atoms with Crippen LogP contribution >= 0.6 is 0 Å². The Bertz CT molecular complexity index is 926. The van der Waals surface area contributed by atoms with Gasteiger partial charge >= 0.3 is 0 Å². The summed E-state index contributed by atoms with van der Waals surface area (Å²) in [7, 11) is 0. The van der Waals surface area contributed by atoms with Crippen LogP contribution in [0.1, 0.15) is 73.7 Å². The molecule has 4 aliphatic rings. The molecule has 3 atom stereocenters. The van der Waals surface area contributed by atoms with E-state index < -0.39 is 6.04 Å². The van der Waals surface area contributed by atoms with Gasteiger partial charge in [0.1, 0.15) is 17.9 Å². The molecule has 3 heterocycles. The number of fused-ring (bicyclic) bond motifs is 1. The number of hydrogen-bond acceptors (Lipinski definition) is 5. The number of carbonyl (C=O) groups excluding carboxylic acids is 2. The molecule has 0 spiro atoms. The minimum absolute atomic E-state index is 0.0697. The highest BCUT2D eigenvalue weighted by Crippen LogP contribution is 2.32. The van der Waals surface area contributed by atoms with Gasteiger partial charge in [0.05, 0.1) is 0 Å². The first-order valence-electron chi connectivity index (χ1n) is 13.0. The summed E-state index contributed by atoms with van der Waals surface area (Å²) in [5.74, 6) is 1.30. The minimum atomic E-state index is -0.435. The molecule has 0 aromatic heterocycles. The van der Waals surface area contributed by atoms with E-state index >= 15 is 0 Å². The molecule has 2 N–H and O–H groups in total. The third-order valence-corrected chi connectivity index (χ3v) is 7.86. The van der Waals surface area contributed by atoms with Crippen molar-refractivity contribution in [3.8, 4) is 5.75 Å². The molecule has 3 fully saturated rings. The topological polar surface area (TPSA) is 79.9 Å². The van der Waals surface area contributed by atoms with Crippen molar-refractivity contribution < 1.29 is 19.1 Å². The Kier molecular flexibility index (Phi) is 7.21. The first kappa shape index (κ1) is 23.4. The van der Waals surface area contributed by atoms with Gasteiger partial charge in [0, 0.05) is 37.1 Å². The van der Waals surface area contributed by atoms with Crippen LogP contribution in [0.5, 0.6) is 5.75 Å². The lowest BCUT2D eigenvalue weighted by atomic mass is 9.98. The maximum atomic E-state index is 13.0. The van der Waals surface area contributed by atoms with Crippen LogP contribution in [0.4, 0.5) is 0 Å². The molecule has 1 unspecified atom stereocenters. The van der Waals surface area contributed by atoms with Crippen molar-refractivity contribution in [2.75, 3.05) is 19.8 Å². The van der Waals surface area contributed by atoms with Gasteiger partial charge in [-0.3, -0.25) is 9.59 Å². The van der Waals surface area contributed by atoms with Crippen LogP contribution in [0, 0.1) is 5.92 Å². The molecule has 3 aliphatic heterocycles. The monoisotopic (exact) mass is 467 g/mol. The fourth-order valence-corrected chi connectivity index (χ4v) is 5.80. The Morgan fingerprint density at radius 1 is 1.09 bits per heavy atom. The van der Waals surface area contributed by atoms with Crippen molar-refractivity contribution in [3.63, 3.8) is 0 Å². The summed E-state index contributed by atoms with van der Waals surface area (Å²) >= 11 is 0. The average molecular weight is 468 g/mol. The molecule has 1 aliphatic carbocycles. The van der Waals surface area contributed by atoms with Gasteiger partial charge in [-0.05, 0) is 81.2 Å². The molecular weight excluding hydrogens is 430 g/mol. The highest BCUT2D eigenvalue weighted by molar-refractivity contribution is 6.01. The second-order valence-corrected chi connectivity index (χ2v) is 10.3. The van der Waals surface area contributed by atoms with Gasteiger partial charge in [0.15, 0.2) is 0 Å². The molecule has 7 nitrogen and oxygen atoms in total. The number of nitrogens with zero attached hydrogens (tertiary/aromatic N) is 1. The van der Waals surface area contributed by atoms with E-state index in [0.717, 1.165) is 62.5 Å². The van der Waals surface area contributed by atoms with E-state index in [1.165, 1.54) is 19.3 Å². The van der Waals surface area contributed by atoms with Gasteiger partial charge < -0.3 is 25.0 Å². The van der Waals surface area contributed by atoms with Gasteiger partial charge in [-0.25, -0.2) is 0 Å². The Morgan fingerprint density at radius 2 is 1.91 bits per heavy atom. The van der Waals surface area contributed by atoms with Gasteiger partial charge in [-0.2, -0.15) is 0 Å². The maximum Gasteiger partial charge on any atom is 0.255 e. The zero-order valence-electron chi connectivity index (χ0n) is 20.0. The molecule has 1 saturated carbocycles. The third-order valence-electron chi connectivity index (χ3n) is 7.86. The van der Waals surface area contributed by atoms with Crippen molar-refractivity contribution in [1.82, 2.24) is 15.5 Å². The Labute approximate surface area is 202 Å². The van der Waals surface area contributed by atoms with Crippen LogP contribution in [0.2, 0.25) is 0 Å². The number of allylic oxidation sites excluding steroid dienone is 1. The van der Waals surface area contributed by atoms with E-state index in [4.69, 9.17) is 9.47 Å². The SMILES string of the molecule is C=C1CCC(N2Cc3cc(O[C@H]4CCCCC[C@H]4NCC4CCOCC4)ccc3C2=O)C(=O)N1. The van der Waals surface area contributed by atoms with Crippen molar-refractivity contribution in [3.05, 3.63) is 41.6 Å². The number of ether oxygens (including phenoxy) is 2. The molecule has 7 heteroatoms. The molecule has 184 valence electrons. The Morgan fingerprint density at radius 3 is 2.74 bits per heavy atom. The van der Waals surface area contributed by atoms with Crippen LogP contribution in [-0.2, 0) is 16.1 Å². The quantitative estimate of drug-likeness (QED) is 0.626. The van der Waals surface area contributed by atoms with Gasteiger partial charge in [0.2, 0.25) is 5.91 Å². The van der Waals surface area contributed by atoms with Gasteiger partial charge in [0.25, 0.3) is 5.91 Å². The van der Waals surface area contributed by atoms with Crippen LogP contribution in [-0.4, -0.2) is 54.7 Å². The van der Waals surface area contributed by atoms with Crippen molar-refractivity contribution >= 4 is 11.8 Å². The third kappa shape index (κ3) is 5.15. The van der Waals surface area contributed by atoms with E-state index in [2.05, 4.69) is 17.2 Å². The molecule has 1 aromatic rings. The Balaban J connectivity index is 1.24.